The Balaban J connectivity index is 1.65. The molecule has 25 heavy (non-hydrogen) atoms. The fraction of sp³-hybridized carbons (Fsp3) is 0.412. The van der Waals surface area contributed by atoms with Crippen molar-refractivity contribution in [1.82, 2.24) is 19.9 Å². The van der Waals surface area contributed by atoms with Gasteiger partial charge in [0, 0.05) is 25.8 Å². The quantitative estimate of drug-likeness (QED) is 0.836. The minimum absolute atomic E-state index is 0.0303. The molecule has 0 radical (unpaired) electrons. The Labute approximate surface area is 145 Å². The van der Waals surface area contributed by atoms with Gasteiger partial charge >= 0.3 is 5.97 Å². The highest BCUT2D eigenvalue weighted by Gasteiger charge is 2.46. The zero-order valence-electron chi connectivity index (χ0n) is 14.0. The van der Waals surface area contributed by atoms with E-state index in [-0.39, 0.29) is 25.6 Å². The molecular formula is C17H20N4O4. The molecule has 1 saturated heterocycles. The summed E-state index contributed by atoms with van der Waals surface area (Å²) < 4.78 is 6.52. The van der Waals surface area contributed by atoms with Crippen molar-refractivity contribution in [3.8, 4) is 11.3 Å². The van der Waals surface area contributed by atoms with E-state index < -0.39 is 11.4 Å². The number of ether oxygens (including phenoxy) is 1. The van der Waals surface area contributed by atoms with E-state index in [0.29, 0.717) is 18.7 Å². The smallest absolute Gasteiger partial charge is 0.313 e. The van der Waals surface area contributed by atoms with Crippen LogP contribution in [0.3, 0.4) is 0 Å². The Bertz CT molecular complexity index is 761. The molecule has 1 N–H and O–H groups in total. The van der Waals surface area contributed by atoms with Crippen LogP contribution in [0.5, 0.6) is 0 Å². The van der Waals surface area contributed by atoms with Crippen LogP contribution >= 0.6 is 0 Å². The molecule has 8 nitrogen and oxygen atoms in total. The zero-order valence-corrected chi connectivity index (χ0v) is 14.0. The molecule has 1 unspecified atom stereocenters. The number of likely N-dealkylation sites (tertiary alicyclic amines) is 1. The molecule has 0 spiro atoms. The van der Waals surface area contributed by atoms with Crippen LogP contribution in [-0.2, 0) is 20.9 Å². The summed E-state index contributed by atoms with van der Waals surface area (Å²) in [5, 5.41) is 17.5. The van der Waals surface area contributed by atoms with E-state index in [1.54, 1.807) is 11.1 Å². The van der Waals surface area contributed by atoms with E-state index in [9.17, 15) is 14.7 Å². The van der Waals surface area contributed by atoms with Gasteiger partial charge in [-0.3, -0.25) is 9.59 Å². The highest BCUT2D eigenvalue weighted by atomic mass is 16.5. The van der Waals surface area contributed by atoms with Crippen molar-refractivity contribution in [2.45, 2.75) is 13.0 Å². The first kappa shape index (κ1) is 17.1. The Morgan fingerprint density at radius 1 is 1.32 bits per heavy atom. The first-order chi connectivity index (χ1) is 12.0. The topological polar surface area (TPSA) is 97.6 Å². The van der Waals surface area contributed by atoms with Gasteiger partial charge in [0.1, 0.15) is 17.7 Å². The van der Waals surface area contributed by atoms with Gasteiger partial charge in [-0.2, -0.15) is 0 Å². The number of carboxylic acids is 1. The molecule has 1 amide bonds. The lowest BCUT2D eigenvalue weighted by atomic mass is 9.88. The average Bonchev–Trinajstić information content (AvgIpc) is 3.24. The number of carboxylic acid groups (broad SMARTS) is 1. The molecule has 2 aromatic rings. The summed E-state index contributed by atoms with van der Waals surface area (Å²) in [7, 11) is 1.47. The zero-order chi connectivity index (χ0) is 17.9. The average molecular weight is 344 g/mol. The van der Waals surface area contributed by atoms with Crippen molar-refractivity contribution < 1.29 is 19.4 Å². The second-order valence-electron chi connectivity index (χ2n) is 6.25. The predicted octanol–water partition coefficient (Wildman–Crippen LogP) is 0.895. The van der Waals surface area contributed by atoms with Gasteiger partial charge in [0.05, 0.1) is 12.8 Å². The van der Waals surface area contributed by atoms with Crippen LogP contribution < -0.4 is 0 Å². The number of carbonyl (C=O) groups excluding carboxylic acids is 1. The molecular weight excluding hydrogens is 324 g/mol. The summed E-state index contributed by atoms with van der Waals surface area (Å²) in [6.07, 6.45) is 2.09. The molecule has 0 bridgehead atoms. The highest BCUT2D eigenvalue weighted by molar-refractivity contribution is 5.80. The Hall–Kier alpha value is -2.74. The maximum absolute atomic E-state index is 12.5. The van der Waals surface area contributed by atoms with Crippen molar-refractivity contribution in [2.75, 3.05) is 26.8 Å². The molecule has 1 aromatic heterocycles. The number of aliphatic carboxylic acids is 1. The van der Waals surface area contributed by atoms with Crippen LogP contribution in [0.2, 0.25) is 0 Å². The summed E-state index contributed by atoms with van der Waals surface area (Å²) >= 11 is 0. The first-order valence-electron chi connectivity index (χ1n) is 8.00. The number of benzene rings is 1. The van der Waals surface area contributed by atoms with Crippen molar-refractivity contribution in [1.29, 1.82) is 0 Å². The molecule has 1 aliphatic rings. The fourth-order valence-corrected chi connectivity index (χ4v) is 3.07. The molecule has 3 rings (SSSR count). The highest BCUT2D eigenvalue weighted by Crippen LogP contribution is 2.31. The van der Waals surface area contributed by atoms with Crippen molar-refractivity contribution >= 4 is 11.9 Å². The van der Waals surface area contributed by atoms with Gasteiger partial charge in [0.2, 0.25) is 5.91 Å². The summed E-state index contributed by atoms with van der Waals surface area (Å²) in [6, 6.07) is 9.57. The van der Waals surface area contributed by atoms with Crippen LogP contribution in [0.4, 0.5) is 0 Å². The third-order valence-electron chi connectivity index (χ3n) is 4.49. The van der Waals surface area contributed by atoms with E-state index in [4.69, 9.17) is 4.74 Å². The lowest BCUT2D eigenvalue weighted by Crippen LogP contribution is -2.40. The third-order valence-corrected chi connectivity index (χ3v) is 4.49. The molecule has 8 heteroatoms. The number of methoxy groups -OCH3 is 1. The van der Waals surface area contributed by atoms with Crippen LogP contribution in [0.15, 0.2) is 36.5 Å². The molecule has 1 aromatic carbocycles. The van der Waals surface area contributed by atoms with Gasteiger partial charge in [-0.1, -0.05) is 35.5 Å². The van der Waals surface area contributed by atoms with E-state index in [1.807, 2.05) is 30.3 Å². The fourth-order valence-electron chi connectivity index (χ4n) is 3.07. The molecule has 132 valence electrons. The van der Waals surface area contributed by atoms with E-state index >= 15 is 0 Å². The summed E-state index contributed by atoms with van der Waals surface area (Å²) in [5.74, 6) is -1.11. The maximum atomic E-state index is 12.5. The number of hydrogen-bond acceptors (Lipinski definition) is 5. The third kappa shape index (κ3) is 3.53. The van der Waals surface area contributed by atoms with Crippen LogP contribution in [0, 0.1) is 5.41 Å². The Kier molecular flexibility index (Phi) is 4.80. The molecule has 0 aliphatic carbocycles. The summed E-state index contributed by atoms with van der Waals surface area (Å²) in [5.41, 5.74) is 0.587. The number of hydrogen-bond donors (Lipinski definition) is 1. The van der Waals surface area contributed by atoms with Crippen LogP contribution in [0.25, 0.3) is 11.3 Å². The number of nitrogens with zero attached hydrogens (tertiary/aromatic N) is 4. The van der Waals surface area contributed by atoms with Crippen molar-refractivity contribution in [3.63, 3.8) is 0 Å². The van der Waals surface area contributed by atoms with Gasteiger partial charge in [-0.25, -0.2) is 4.68 Å². The standard InChI is InChI=1S/C17H20N4O4/c1-25-12-17(16(23)24)7-8-20(11-17)15(22)10-21-9-14(18-19-21)13-5-3-2-4-6-13/h2-6,9H,7-8,10-12H2,1H3,(H,23,24). The largest absolute Gasteiger partial charge is 0.481 e. The van der Waals surface area contributed by atoms with E-state index in [1.165, 1.54) is 11.8 Å². The van der Waals surface area contributed by atoms with E-state index in [2.05, 4.69) is 10.3 Å². The maximum Gasteiger partial charge on any atom is 0.313 e. The Morgan fingerprint density at radius 3 is 2.76 bits per heavy atom. The first-order valence-corrected chi connectivity index (χ1v) is 8.00. The second kappa shape index (κ2) is 7.02. The van der Waals surface area contributed by atoms with Gasteiger partial charge in [-0.05, 0) is 6.42 Å². The minimum atomic E-state index is -1.03. The van der Waals surface area contributed by atoms with Crippen molar-refractivity contribution in [3.05, 3.63) is 36.5 Å². The lowest BCUT2D eigenvalue weighted by Gasteiger charge is -2.23. The minimum Gasteiger partial charge on any atom is -0.481 e. The molecule has 0 saturated carbocycles. The normalized spacial score (nSPS) is 20.0. The summed E-state index contributed by atoms with van der Waals surface area (Å²) in [6.45, 7) is 0.667. The molecule has 1 atom stereocenters. The lowest BCUT2D eigenvalue weighted by molar-refractivity contribution is -0.151. The number of amides is 1. The van der Waals surface area contributed by atoms with Gasteiger partial charge in [0.25, 0.3) is 0 Å². The SMILES string of the molecule is COCC1(C(=O)O)CCN(C(=O)Cn2cc(-c3ccccc3)nn2)C1. The van der Waals surface area contributed by atoms with E-state index in [0.717, 1.165) is 5.56 Å². The van der Waals surface area contributed by atoms with Gasteiger partial charge < -0.3 is 14.7 Å². The summed E-state index contributed by atoms with van der Waals surface area (Å²) in [4.78, 5) is 25.6. The van der Waals surface area contributed by atoms with Gasteiger partial charge in [-0.15, -0.1) is 5.10 Å². The number of rotatable bonds is 6. The monoisotopic (exact) mass is 344 g/mol. The molecule has 1 fully saturated rings. The van der Waals surface area contributed by atoms with Crippen LogP contribution in [-0.4, -0.2) is 63.7 Å². The second-order valence-corrected chi connectivity index (χ2v) is 6.25. The van der Waals surface area contributed by atoms with Crippen LogP contribution in [0.1, 0.15) is 6.42 Å². The number of aromatic nitrogens is 3. The van der Waals surface area contributed by atoms with Crippen molar-refractivity contribution in [2.24, 2.45) is 5.41 Å². The molecule has 1 aliphatic heterocycles. The predicted molar refractivity (Wildman–Crippen MR) is 88.6 cm³/mol. The molecule has 2 heterocycles. The Morgan fingerprint density at radius 2 is 2.08 bits per heavy atom. The van der Waals surface area contributed by atoms with Gasteiger partial charge in [0.15, 0.2) is 0 Å². The number of carbonyl (C=O) groups is 2.